The molecule has 1 heterocycles. The summed E-state index contributed by atoms with van der Waals surface area (Å²) in [7, 11) is 2.28. The van der Waals surface area contributed by atoms with Gasteiger partial charge < -0.3 is 9.47 Å². The monoisotopic (exact) mass is 302 g/mol. The van der Waals surface area contributed by atoms with Crippen LogP contribution in [0.25, 0.3) is 5.69 Å². The Hall–Kier alpha value is -2.96. The van der Waals surface area contributed by atoms with E-state index in [2.05, 4.69) is 14.6 Å². The predicted molar refractivity (Wildman–Crippen MR) is 77.3 cm³/mol. The minimum atomic E-state index is -0.920. The number of rotatable bonds is 3. The lowest BCUT2D eigenvalue weighted by atomic mass is 10.2. The molecule has 0 saturated carbocycles. The van der Waals surface area contributed by atoms with E-state index in [0.717, 1.165) is 19.8 Å². The number of hydrogen-bond donors (Lipinski definition) is 0. The van der Waals surface area contributed by atoms with Gasteiger partial charge in [-0.15, -0.1) is 0 Å². The van der Waals surface area contributed by atoms with Crippen LogP contribution in [0.1, 0.15) is 26.4 Å². The Morgan fingerprint density at radius 2 is 1.64 bits per heavy atom. The molecule has 0 spiro atoms. The molecule has 0 aliphatic rings. The van der Waals surface area contributed by atoms with E-state index in [0.29, 0.717) is 5.69 Å². The second-order valence-corrected chi connectivity index (χ2v) is 4.48. The SMILES string of the molecule is COC(=O)c1cn(-c2ccc(C)cc2)nc(C(=O)OC)c1=O. The molecular formula is C15H14N2O5. The van der Waals surface area contributed by atoms with Gasteiger partial charge in [0.15, 0.2) is 0 Å². The Kier molecular flexibility index (Phi) is 4.36. The molecule has 0 unspecified atom stereocenters. The third-order valence-electron chi connectivity index (χ3n) is 3.00. The topological polar surface area (TPSA) is 87.5 Å². The Balaban J connectivity index is 2.69. The van der Waals surface area contributed by atoms with Crippen molar-refractivity contribution in [1.82, 2.24) is 9.78 Å². The maximum absolute atomic E-state index is 12.1. The van der Waals surface area contributed by atoms with Gasteiger partial charge in [-0.05, 0) is 19.1 Å². The van der Waals surface area contributed by atoms with Crippen molar-refractivity contribution < 1.29 is 19.1 Å². The van der Waals surface area contributed by atoms with Crippen LogP contribution in [-0.4, -0.2) is 35.9 Å². The maximum atomic E-state index is 12.1. The van der Waals surface area contributed by atoms with Crippen LogP contribution in [0.5, 0.6) is 0 Å². The highest BCUT2D eigenvalue weighted by atomic mass is 16.5. The molecule has 0 atom stereocenters. The van der Waals surface area contributed by atoms with Gasteiger partial charge >= 0.3 is 11.9 Å². The van der Waals surface area contributed by atoms with Gasteiger partial charge in [-0.2, -0.15) is 5.10 Å². The fraction of sp³-hybridized carbons (Fsp3) is 0.200. The van der Waals surface area contributed by atoms with Crippen LogP contribution < -0.4 is 5.43 Å². The first-order chi connectivity index (χ1) is 10.5. The number of carbonyl (C=O) groups is 2. The summed E-state index contributed by atoms with van der Waals surface area (Å²) in [6.07, 6.45) is 1.23. The lowest BCUT2D eigenvalue weighted by molar-refractivity contribution is 0.0587. The minimum absolute atomic E-state index is 0.293. The third-order valence-corrected chi connectivity index (χ3v) is 3.00. The Morgan fingerprint density at radius 3 is 2.18 bits per heavy atom. The van der Waals surface area contributed by atoms with Crippen molar-refractivity contribution in [2.75, 3.05) is 14.2 Å². The summed E-state index contributed by atoms with van der Waals surface area (Å²) in [6.45, 7) is 1.92. The van der Waals surface area contributed by atoms with Crippen molar-refractivity contribution in [2.24, 2.45) is 0 Å². The van der Waals surface area contributed by atoms with E-state index in [1.54, 1.807) is 12.1 Å². The van der Waals surface area contributed by atoms with Gasteiger partial charge in [-0.1, -0.05) is 17.7 Å². The third kappa shape index (κ3) is 2.88. The molecule has 2 rings (SSSR count). The van der Waals surface area contributed by atoms with E-state index in [9.17, 15) is 14.4 Å². The molecule has 114 valence electrons. The van der Waals surface area contributed by atoms with E-state index < -0.39 is 23.1 Å². The predicted octanol–water partition coefficient (Wildman–Crippen LogP) is 1.11. The molecule has 0 N–H and O–H groups in total. The molecule has 22 heavy (non-hydrogen) atoms. The van der Waals surface area contributed by atoms with E-state index in [-0.39, 0.29) is 5.56 Å². The number of aromatic nitrogens is 2. The summed E-state index contributed by atoms with van der Waals surface area (Å²) in [6, 6.07) is 7.17. The van der Waals surface area contributed by atoms with Crippen molar-refractivity contribution >= 4 is 11.9 Å². The normalized spacial score (nSPS) is 10.1. The quantitative estimate of drug-likeness (QED) is 0.789. The molecule has 0 aliphatic heterocycles. The summed E-state index contributed by atoms with van der Waals surface area (Å²) in [5.41, 5.74) is 0.0126. The first kappa shape index (κ1) is 15.4. The number of nitrogens with zero attached hydrogens (tertiary/aromatic N) is 2. The van der Waals surface area contributed by atoms with E-state index >= 15 is 0 Å². The Labute approximate surface area is 126 Å². The van der Waals surface area contributed by atoms with Crippen molar-refractivity contribution in [2.45, 2.75) is 6.92 Å². The van der Waals surface area contributed by atoms with Gasteiger partial charge in [0.2, 0.25) is 11.1 Å². The van der Waals surface area contributed by atoms with Gasteiger partial charge in [0, 0.05) is 6.20 Å². The highest BCUT2D eigenvalue weighted by molar-refractivity contribution is 5.93. The zero-order valence-corrected chi connectivity index (χ0v) is 12.3. The molecule has 0 saturated heterocycles. The number of esters is 2. The van der Waals surface area contributed by atoms with Crippen LogP contribution in [-0.2, 0) is 9.47 Å². The number of hydrogen-bond acceptors (Lipinski definition) is 6. The molecule has 7 heteroatoms. The molecule has 0 amide bonds. The van der Waals surface area contributed by atoms with Crippen LogP contribution >= 0.6 is 0 Å². The van der Waals surface area contributed by atoms with Crippen LogP contribution in [0.2, 0.25) is 0 Å². The highest BCUT2D eigenvalue weighted by Crippen LogP contribution is 2.09. The van der Waals surface area contributed by atoms with Crippen molar-refractivity contribution in [1.29, 1.82) is 0 Å². The first-order valence-electron chi connectivity index (χ1n) is 6.35. The van der Waals surface area contributed by atoms with E-state index in [1.807, 2.05) is 19.1 Å². The highest BCUT2D eigenvalue weighted by Gasteiger charge is 2.22. The molecular weight excluding hydrogens is 288 g/mol. The smallest absolute Gasteiger partial charge is 0.362 e. The maximum Gasteiger partial charge on any atom is 0.362 e. The Bertz CT molecular complexity index is 737. The number of aryl methyl sites for hydroxylation is 1. The molecule has 1 aromatic heterocycles. The largest absolute Gasteiger partial charge is 0.465 e. The van der Waals surface area contributed by atoms with Crippen LogP contribution in [0.4, 0.5) is 0 Å². The van der Waals surface area contributed by atoms with Gasteiger partial charge in [-0.3, -0.25) is 4.79 Å². The summed E-state index contributed by atoms with van der Waals surface area (Å²) in [5, 5.41) is 3.94. The van der Waals surface area contributed by atoms with Gasteiger partial charge in [0.1, 0.15) is 5.56 Å². The zero-order chi connectivity index (χ0) is 16.3. The molecule has 0 radical (unpaired) electrons. The van der Waals surface area contributed by atoms with Crippen molar-refractivity contribution in [3.63, 3.8) is 0 Å². The summed E-state index contributed by atoms with van der Waals surface area (Å²) in [5.74, 6) is -1.77. The number of methoxy groups -OCH3 is 2. The van der Waals surface area contributed by atoms with Gasteiger partial charge in [-0.25, -0.2) is 14.3 Å². The summed E-state index contributed by atoms with van der Waals surface area (Å²) in [4.78, 5) is 35.5. The number of benzene rings is 1. The fourth-order valence-electron chi connectivity index (χ4n) is 1.81. The van der Waals surface area contributed by atoms with Crippen molar-refractivity contribution in [3.8, 4) is 5.69 Å². The average molecular weight is 302 g/mol. The zero-order valence-electron chi connectivity index (χ0n) is 12.3. The molecule has 2 aromatic rings. The summed E-state index contributed by atoms with van der Waals surface area (Å²) >= 11 is 0. The van der Waals surface area contributed by atoms with Gasteiger partial charge in [0.25, 0.3) is 0 Å². The molecule has 0 aliphatic carbocycles. The van der Waals surface area contributed by atoms with Crippen LogP contribution in [0, 0.1) is 6.92 Å². The lowest BCUT2D eigenvalue weighted by Crippen LogP contribution is -2.28. The minimum Gasteiger partial charge on any atom is -0.465 e. The molecule has 1 aromatic carbocycles. The molecule has 7 nitrogen and oxygen atoms in total. The van der Waals surface area contributed by atoms with Crippen molar-refractivity contribution in [3.05, 3.63) is 57.5 Å². The fourth-order valence-corrected chi connectivity index (χ4v) is 1.81. The second kappa shape index (κ2) is 6.21. The second-order valence-electron chi connectivity index (χ2n) is 4.48. The molecule has 0 bridgehead atoms. The van der Waals surface area contributed by atoms with E-state index in [1.165, 1.54) is 10.9 Å². The molecule has 0 fully saturated rings. The first-order valence-corrected chi connectivity index (χ1v) is 6.35. The standard InChI is InChI=1S/C15H14N2O5/c1-9-4-6-10(7-5-9)17-8-11(14(19)21-2)13(18)12(16-17)15(20)22-3/h4-8H,1-3H3. The summed E-state index contributed by atoms with van der Waals surface area (Å²) < 4.78 is 10.4. The average Bonchev–Trinajstić information content (AvgIpc) is 2.54. The van der Waals surface area contributed by atoms with E-state index in [4.69, 9.17) is 0 Å². The Morgan fingerprint density at radius 1 is 1.05 bits per heavy atom. The van der Waals surface area contributed by atoms with Crippen LogP contribution in [0.15, 0.2) is 35.3 Å². The number of ether oxygens (including phenoxy) is 2. The van der Waals surface area contributed by atoms with Gasteiger partial charge in [0.05, 0.1) is 19.9 Å². The van der Waals surface area contributed by atoms with Crippen LogP contribution in [0.3, 0.4) is 0 Å². The lowest BCUT2D eigenvalue weighted by Gasteiger charge is -2.09. The number of carbonyl (C=O) groups excluding carboxylic acids is 2.